The van der Waals surface area contributed by atoms with Crippen LogP contribution in [0.2, 0.25) is 0 Å². The summed E-state index contributed by atoms with van der Waals surface area (Å²) >= 11 is 0. The fraction of sp³-hybridized carbons (Fsp3) is 0.0769. The number of rotatable bonds is 3. The number of fused-ring (bicyclic) bond motifs is 1. The van der Waals surface area contributed by atoms with E-state index in [0.717, 1.165) is 11.0 Å². The smallest absolute Gasteiger partial charge is 0.222 e. The van der Waals surface area contributed by atoms with Crippen molar-refractivity contribution in [3.8, 4) is 0 Å². The lowest BCUT2D eigenvalue weighted by molar-refractivity contribution is 0.616. The summed E-state index contributed by atoms with van der Waals surface area (Å²) < 4.78 is 5.29. The van der Waals surface area contributed by atoms with Crippen LogP contribution in [-0.2, 0) is 6.54 Å². The number of hydrogen-bond donors (Lipinski definition) is 1. The van der Waals surface area contributed by atoms with Crippen LogP contribution in [0.3, 0.4) is 0 Å². The Balaban J connectivity index is 1.76. The van der Waals surface area contributed by atoms with E-state index in [9.17, 15) is 0 Å². The summed E-state index contributed by atoms with van der Waals surface area (Å²) in [7, 11) is 0. The summed E-state index contributed by atoms with van der Waals surface area (Å²) in [6, 6.07) is 9.84. The molecule has 84 valence electrons. The summed E-state index contributed by atoms with van der Waals surface area (Å²) in [4.78, 5) is 8.21. The Morgan fingerprint density at radius 1 is 1.12 bits per heavy atom. The molecule has 1 N–H and O–H groups in total. The van der Waals surface area contributed by atoms with E-state index in [0.29, 0.717) is 12.5 Å². The highest BCUT2D eigenvalue weighted by Crippen LogP contribution is 2.17. The third-order valence-electron chi connectivity index (χ3n) is 2.53. The highest BCUT2D eigenvalue weighted by molar-refractivity contribution is 5.77. The van der Waals surface area contributed by atoms with Gasteiger partial charge in [-0.05, 0) is 29.8 Å². The first-order chi connectivity index (χ1) is 8.42. The minimum absolute atomic E-state index is 0.639. The molecule has 4 nitrogen and oxygen atoms in total. The second kappa shape index (κ2) is 4.25. The van der Waals surface area contributed by atoms with Crippen molar-refractivity contribution in [3.63, 3.8) is 0 Å². The van der Waals surface area contributed by atoms with Gasteiger partial charge < -0.3 is 9.73 Å². The molecular formula is C13H11N3O. The molecular weight excluding hydrogens is 214 g/mol. The van der Waals surface area contributed by atoms with Gasteiger partial charge in [-0.25, -0.2) is 9.97 Å². The highest BCUT2D eigenvalue weighted by Gasteiger charge is 1.99. The summed E-state index contributed by atoms with van der Waals surface area (Å²) in [6.07, 6.45) is 5.13. The SMILES string of the molecule is c1cnc(NCc2ccc3occc3c2)nc1. The lowest BCUT2D eigenvalue weighted by Crippen LogP contribution is -2.02. The molecule has 1 aromatic carbocycles. The number of furan rings is 1. The Hall–Kier alpha value is -2.36. The maximum Gasteiger partial charge on any atom is 0.222 e. The molecule has 2 heterocycles. The van der Waals surface area contributed by atoms with Crippen molar-refractivity contribution in [1.29, 1.82) is 0 Å². The standard InChI is InChI=1S/C13H11N3O/c1-5-14-13(15-6-1)16-9-10-2-3-12-11(8-10)4-7-17-12/h1-8H,9H2,(H,14,15,16). The van der Waals surface area contributed by atoms with Crippen molar-refractivity contribution >= 4 is 16.9 Å². The van der Waals surface area contributed by atoms with Gasteiger partial charge in [-0.1, -0.05) is 6.07 Å². The number of nitrogens with zero attached hydrogens (tertiary/aromatic N) is 2. The number of nitrogens with one attached hydrogen (secondary N) is 1. The van der Waals surface area contributed by atoms with E-state index in [1.54, 1.807) is 24.7 Å². The van der Waals surface area contributed by atoms with Crippen molar-refractivity contribution in [1.82, 2.24) is 9.97 Å². The molecule has 0 amide bonds. The normalized spacial score (nSPS) is 10.6. The van der Waals surface area contributed by atoms with E-state index in [1.807, 2.05) is 18.2 Å². The van der Waals surface area contributed by atoms with E-state index in [1.165, 1.54) is 5.56 Å². The van der Waals surface area contributed by atoms with Crippen LogP contribution in [0.4, 0.5) is 5.95 Å². The lowest BCUT2D eigenvalue weighted by Gasteiger charge is -2.03. The van der Waals surface area contributed by atoms with Crippen molar-refractivity contribution in [2.45, 2.75) is 6.54 Å². The van der Waals surface area contributed by atoms with E-state index >= 15 is 0 Å². The van der Waals surface area contributed by atoms with Gasteiger partial charge in [0, 0.05) is 24.3 Å². The van der Waals surface area contributed by atoms with Gasteiger partial charge in [0.2, 0.25) is 5.95 Å². The molecule has 0 aliphatic heterocycles. The first kappa shape index (κ1) is 9.84. The van der Waals surface area contributed by atoms with E-state index in [2.05, 4.69) is 21.4 Å². The molecule has 0 aliphatic carbocycles. The molecule has 0 atom stereocenters. The minimum Gasteiger partial charge on any atom is -0.464 e. The number of hydrogen-bond acceptors (Lipinski definition) is 4. The minimum atomic E-state index is 0.639. The quantitative estimate of drug-likeness (QED) is 0.744. The summed E-state index contributed by atoms with van der Waals surface area (Å²) in [5.41, 5.74) is 2.08. The van der Waals surface area contributed by atoms with Gasteiger partial charge in [-0.3, -0.25) is 0 Å². The molecule has 3 rings (SSSR count). The van der Waals surface area contributed by atoms with Crippen LogP contribution in [0.1, 0.15) is 5.56 Å². The van der Waals surface area contributed by atoms with E-state index < -0.39 is 0 Å². The number of benzene rings is 1. The van der Waals surface area contributed by atoms with Gasteiger partial charge in [0.25, 0.3) is 0 Å². The average Bonchev–Trinajstić information content (AvgIpc) is 2.85. The zero-order valence-corrected chi connectivity index (χ0v) is 9.13. The van der Waals surface area contributed by atoms with Crippen molar-refractivity contribution in [3.05, 3.63) is 54.6 Å². The Morgan fingerprint density at radius 3 is 2.88 bits per heavy atom. The molecule has 2 aromatic heterocycles. The second-order valence-corrected chi connectivity index (χ2v) is 3.72. The van der Waals surface area contributed by atoms with Gasteiger partial charge in [0.1, 0.15) is 5.58 Å². The van der Waals surface area contributed by atoms with Crippen molar-refractivity contribution in [2.75, 3.05) is 5.32 Å². The zero-order chi connectivity index (χ0) is 11.5. The summed E-state index contributed by atoms with van der Waals surface area (Å²) in [5.74, 6) is 0.639. The predicted octanol–water partition coefficient (Wildman–Crippen LogP) is 2.83. The van der Waals surface area contributed by atoms with E-state index in [4.69, 9.17) is 4.42 Å². The summed E-state index contributed by atoms with van der Waals surface area (Å²) in [5, 5.41) is 4.27. The molecule has 0 unspecified atom stereocenters. The molecule has 0 aliphatic rings. The van der Waals surface area contributed by atoms with Crippen molar-refractivity contribution < 1.29 is 4.42 Å². The molecule has 0 saturated heterocycles. The molecule has 17 heavy (non-hydrogen) atoms. The van der Waals surface area contributed by atoms with Gasteiger partial charge in [-0.2, -0.15) is 0 Å². The largest absolute Gasteiger partial charge is 0.464 e. The van der Waals surface area contributed by atoms with Crippen LogP contribution in [0.15, 0.2) is 53.4 Å². The molecule has 0 saturated carbocycles. The van der Waals surface area contributed by atoms with Gasteiger partial charge in [0.05, 0.1) is 6.26 Å². The average molecular weight is 225 g/mol. The van der Waals surface area contributed by atoms with Crippen LogP contribution >= 0.6 is 0 Å². The zero-order valence-electron chi connectivity index (χ0n) is 9.13. The monoisotopic (exact) mass is 225 g/mol. The van der Waals surface area contributed by atoms with Crippen LogP contribution < -0.4 is 5.32 Å². The molecule has 0 spiro atoms. The number of anilines is 1. The molecule has 0 radical (unpaired) electrons. The van der Waals surface area contributed by atoms with Crippen LogP contribution in [0, 0.1) is 0 Å². The fourth-order valence-corrected chi connectivity index (χ4v) is 1.70. The lowest BCUT2D eigenvalue weighted by atomic mass is 10.1. The Kier molecular flexibility index (Phi) is 2.46. The van der Waals surface area contributed by atoms with Crippen LogP contribution in [-0.4, -0.2) is 9.97 Å². The van der Waals surface area contributed by atoms with E-state index in [-0.39, 0.29) is 0 Å². The molecule has 3 aromatic rings. The third kappa shape index (κ3) is 2.10. The predicted molar refractivity (Wildman–Crippen MR) is 65.6 cm³/mol. The Labute approximate surface area is 98.3 Å². The van der Waals surface area contributed by atoms with Crippen LogP contribution in [0.5, 0.6) is 0 Å². The van der Waals surface area contributed by atoms with Gasteiger partial charge in [0.15, 0.2) is 0 Å². The summed E-state index contributed by atoms with van der Waals surface area (Å²) in [6.45, 7) is 0.700. The van der Waals surface area contributed by atoms with Crippen LogP contribution in [0.25, 0.3) is 11.0 Å². The maximum atomic E-state index is 5.29. The first-order valence-corrected chi connectivity index (χ1v) is 5.39. The topological polar surface area (TPSA) is 51.0 Å². The molecule has 0 fully saturated rings. The Bertz CT molecular complexity index is 619. The first-order valence-electron chi connectivity index (χ1n) is 5.39. The van der Waals surface area contributed by atoms with Gasteiger partial charge in [-0.15, -0.1) is 0 Å². The second-order valence-electron chi connectivity index (χ2n) is 3.72. The fourth-order valence-electron chi connectivity index (χ4n) is 1.70. The molecule has 0 bridgehead atoms. The third-order valence-corrected chi connectivity index (χ3v) is 2.53. The van der Waals surface area contributed by atoms with Crippen molar-refractivity contribution in [2.24, 2.45) is 0 Å². The number of aromatic nitrogens is 2. The van der Waals surface area contributed by atoms with Gasteiger partial charge >= 0.3 is 0 Å². The Morgan fingerprint density at radius 2 is 2.00 bits per heavy atom. The highest BCUT2D eigenvalue weighted by atomic mass is 16.3. The maximum absolute atomic E-state index is 5.29. The molecule has 4 heteroatoms.